The van der Waals surface area contributed by atoms with Crippen LogP contribution in [-0.2, 0) is 0 Å². The molecule has 0 radical (unpaired) electrons. The molecule has 1 saturated heterocycles. The molecular weight excluding hydrogens is 297 g/mol. The topological polar surface area (TPSA) is 59.2 Å². The van der Waals surface area contributed by atoms with Crippen molar-refractivity contribution in [3.63, 3.8) is 0 Å². The summed E-state index contributed by atoms with van der Waals surface area (Å²) in [5.41, 5.74) is 7.28. The molecular formula is C14H17Cl2N3O. The van der Waals surface area contributed by atoms with Crippen molar-refractivity contribution in [1.82, 2.24) is 9.88 Å². The minimum absolute atomic E-state index is 0. The number of hydrogen-bond donors (Lipinski definition) is 1. The maximum atomic E-state index is 12.4. The highest BCUT2D eigenvalue weighted by Crippen LogP contribution is 2.19. The van der Waals surface area contributed by atoms with Crippen LogP contribution in [0.15, 0.2) is 36.5 Å². The third-order valence-corrected chi connectivity index (χ3v) is 3.38. The number of hydrogen-bond acceptors (Lipinski definition) is 3. The van der Waals surface area contributed by atoms with E-state index >= 15 is 0 Å². The van der Waals surface area contributed by atoms with Crippen LogP contribution in [0.1, 0.15) is 16.8 Å². The second kappa shape index (κ2) is 6.88. The minimum Gasteiger partial charge on any atom is -0.337 e. The molecule has 108 valence electrons. The first-order valence-electron chi connectivity index (χ1n) is 6.14. The molecule has 0 saturated carbocycles. The number of nitrogens with two attached hydrogens (primary N) is 1. The summed E-state index contributed by atoms with van der Waals surface area (Å²) < 4.78 is 0. The molecule has 0 bridgehead atoms. The fraction of sp³-hybridized carbons (Fsp3) is 0.286. The van der Waals surface area contributed by atoms with Gasteiger partial charge in [-0.3, -0.25) is 9.78 Å². The van der Waals surface area contributed by atoms with E-state index in [1.54, 1.807) is 6.20 Å². The number of likely N-dealkylation sites (tertiary alicyclic amines) is 1. The molecule has 0 aliphatic carbocycles. The Balaban J connectivity index is 0.000001000. The zero-order valence-corrected chi connectivity index (χ0v) is 12.5. The van der Waals surface area contributed by atoms with Crippen LogP contribution in [0.4, 0.5) is 0 Å². The zero-order valence-electron chi connectivity index (χ0n) is 10.9. The minimum atomic E-state index is 0. The summed E-state index contributed by atoms with van der Waals surface area (Å²) in [4.78, 5) is 18.6. The van der Waals surface area contributed by atoms with Crippen LogP contribution in [-0.4, -0.2) is 34.9 Å². The smallest absolute Gasteiger partial charge is 0.256 e. The standard InChI is InChI=1S/C14H15N3O.2ClH/c15-11-6-8-17(9-11)14(18)12-5-1-3-10-4-2-7-16-13(10)12;;/h1-5,7,11H,6,8-9,15H2;2*1H. The highest BCUT2D eigenvalue weighted by Gasteiger charge is 2.25. The summed E-state index contributed by atoms with van der Waals surface area (Å²) >= 11 is 0. The Bertz CT molecular complexity index is 600. The maximum Gasteiger partial charge on any atom is 0.256 e. The van der Waals surface area contributed by atoms with E-state index in [0.717, 1.165) is 23.9 Å². The van der Waals surface area contributed by atoms with E-state index in [1.165, 1.54) is 0 Å². The first kappa shape index (κ1) is 16.7. The largest absolute Gasteiger partial charge is 0.337 e. The van der Waals surface area contributed by atoms with Crippen molar-refractivity contribution in [3.8, 4) is 0 Å². The van der Waals surface area contributed by atoms with Gasteiger partial charge in [0.25, 0.3) is 5.91 Å². The van der Waals surface area contributed by atoms with E-state index in [1.807, 2.05) is 35.2 Å². The lowest BCUT2D eigenvalue weighted by Crippen LogP contribution is -2.32. The number of para-hydroxylation sites is 1. The number of rotatable bonds is 1. The lowest BCUT2D eigenvalue weighted by Gasteiger charge is -2.16. The Morgan fingerprint density at radius 3 is 2.70 bits per heavy atom. The lowest BCUT2D eigenvalue weighted by molar-refractivity contribution is 0.0792. The van der Waals surface area contributed by atoms with Gasteiger partial charge >= 0.3 is 0 Å². The molecule has 2 aromatic rings. The SMILES string of the molecule is Cl.Cl.NC1CCN(C(=O)c2cccc3cccnc23)C1. The third-order valence-electron chi connectivity index (χ3n) is 3.38. The molecule has 1 aliphatic heterocycles. The summed E-state index contributed by atoms with van der Waals surface area (Å²) in [6.07, 6.45) is 2.60. The van der Waals surface area contributed by atoms with Crippen LogP contribution in [0.3, 0.4) is 0 Å². The van der Waals surface area contributed by atoms with Crippen molar-refractivity contribution in [1.29, 1.82) is 0 Å². The van der Waals surface area contributed by atoms with Crippen LogP contribution >= 0.6 is 24.8 Å². The third kappa shape index (κ3) is 3.03. The van der Waals surface area contributed by atoms with Crippen molar-refractivity contribution in [2.24, 2.45) is 5.73 Å². The van der Waals surface area contributed by atoms with Gasteiger partial charge in [0.05, 0.1) is 11.1 Å². The number of carbonyl (C=O) groups excluding carboxylic acids is 1. The molecule has 2 N–H and O–H groups in total. The van der Waals surface area contributed by atoms with Gasteiger partial charge in [-0.15, -0.1) is 24.8 Å². The predicted molar refractivity (Wildman–Crippen MR) is 84.7 cm³/mol. The van der Waals surface area contributed by atoms with Crippen molar-refractivity contribution < 1.29 is 4.79 Å². The molecule has 1 atom stereocenters. The maximum absolute atomic E-state index is 12.4. The van der Waals surface area contributed by atoms with Gasteiger partial charge < -0.3 is 10.6 Å². The van der Waals surface area contributed by atoms with E-state index in [2.05, 4.69) is 4.98 Å². The van der Waals surface area contributed by atoms with Gasteiger partial charge in [0.1, 0.15) is 0 Å². The number of fused-ring (bicyclic) bond motifs is 1. The van der Waals surface area contributed by atoms with Gasteiger partial charge in [-0.1, -0.05) is 18.2 Å². The Morgan fingerprint density at radius 1 is 1.25 bits per heavy atom. The second-order valence-corrected chi connectivity index (χ2v) is 4.68. The second-order valence-electron chi connectivity index (χ2n) is 4.68. The predicted octanol–water partition coefficient (Wildman–Crippen LogP) is 2.25. The molecule has 1 unspecified atom stereocenters. The van der Waals surface area contributed by atoms with Crippen LogP contribution in [0.5, 0.6) is 0 Å². The van der Waals surface area contributed by atoms with Gasteiger partial charge in [-0.2, -0.15) is 0 Å². The van der Waals surface area contributed by atoms with Crippen LogP contribution in [0.2, 0.25) is 0 Å². The Hall–Kier alpha value is -1.36. The Labute approximate surface area is 130 Å². The lowest BCUT2D eigenvalue weighted by atomic mass is 10.1. The molecule has 20 heavy (non-hydrogen) atoms. The highest BCUT2D eigenvalue weighted by atomic mass is 35.5. The quantitative estimate of drug-likeness (QED) is 0.878. The molecule has 1 aliphatic rings. The van der Waals surface area contributed by atoms with E-state index < -0.39 is 0 Å². The van der Waals surface area contributed by atoms with E-state index in [4.69, 9.17) is 5.73 Å². The first-order chi connectivity index (χ1) is 8.75. The Kier molecular flexibility index (Phi) is 5.74. The summed E-state index contributed by atoms with van der Waals surface area (Å²) in [5.74, 6) is 0.0345. The van der Waals surface area contributed by atoms with Gasteiger partial charge in [0.15, 0.2) is 0 Å². The number of carbonyl (C=O) groups is 1. The number of nitrogens with zero attached hydrogens (tertiary/aromatic N) is 2. The molecule has 6 heteroatoms. The fourth-order valence-corrected chi connectivity index (χ4v) is 2.42. The number of amides is 1. The fourth-order valence-electron chi connectivity index (χ4n) is 2.42. The van der Waals surface area contributed by atoms with Crippen molar-refractivity contribution in [2.45, 2.75) is 12.5 Å². The average molecular weight is 314 g/mol. The highest BCUT2D eigenvalue weighted by molar-refractivity contribution is 6.05. The molecule has 1 aromatic heterocycles. The van der Waals surface area contributed by atoms with Crippen LogP contribution < -0.4 is 5.73 Å². The number of benzene rings is 1. The molecule has 0 spiro atoms. The molecule has 1 amide bonds. The molecule has 2 heterocycles. The van der Waals surface area contributed by atoms with Crippen molar-refractivity contribution in [2.75, 3.05) is 13.1 Å². The van der Waals surface area contributed by atoms with Crippen molar-refractivity contribution >= 4 is 41.6 Å². The monoisotopic (exact) mass is 313 g/mol. The van der Waals surface area contributed by atoms with Crippen LogP contribution in [0.25, 0.3) is 10.9 Å². The van der Waals surface area contributed by atoms with E-state index in [-0.39, 0.29) is 36.8 Å². The first-order valence-corrected chi connectivity index (χ1v) is 6.14. The summed E-state index contributed by atoms with van der Waals surface area (Å²) in [6.45, 7) is 1.38. The number of pyridine rings is 1. The summed E-state index contributed by atoms with van der Waals surface area (Å²) in [7, 11) is 0. The molecule has 1 fully saturated rings. The number of halogens is 2. The van der Waals surface area contributed by atoms with Crippen LogP contribution in [0, 0.1) is 0 Å². The number of aromatic nitrogens is 1. The van der Waals surface area contributed by atoms with E-state index in [9.17, 15) is 4.79 Å². The van der Waals surface area contributed by atoms with Gasteiger partial charge in [-0.25, -0.2) is 0 Å². The molecule has 3 rings (SSSR count). The van der Waals surface area contributed by atoms with Gasteiger partial charge in [0, 0.05) is 30.7 Å². The average Bonchev–Trinajstić information content (AvgIpc) is 2.84. The molecule has 1 aromatic carbocycles. The van der Waals surface area contributed by atoms with Gasteiger partial charge in [-0.05, 0) is 18.6 Å². The van der Waals surface area contributed by atoms with Gasteiger partial charge in [0.2, 0.25) is 0 Å². The van der Waals surface area contributed by atoms with Crippen molar-refractivity contribution in [3.05, 3.63) is 42.1 Å². The normalized spacial score (nSPS) is 17.4. The summed E-state index contributed by atoms with van der Waals surface area (Å²) in [5, 5.41) is 0.992. The van der Waals surface area contributed by atoms with E-state index in [0.29, 0.717) is 12.1 Å². The summed E-state index contributed by atoms with van der Waals surface area (Å²) in [6, 6.07) is 9.65. The Morgan fingerprint density at radius 2 is 2.00 bits per heavy atom. The molecule has 4 nitrogen and oxygen atoms in total. The zero-order chi connectivity index (χ0) is 12.5.